The summed E-state index contributed by atoms with van der Waals surface area (Å²) in [7, 11) is 0. The fourth-order valence-electron chi connectivity index (χ4n) is 1.84. The Morgan fingerprint density at radius 1 is 1.15 bits per heavy atom. The monoisotopic (exact) mass is 343 g/mol. The van der Waals surface area contributed by atoms with Gasteiger partial charge in [0.05, 0.1) is 13.1 Å². The quantitative estimate of drug-likeness (QED) is 0.635. The number of hydrogen-bond acceptors (Lipinski definition) is 6. The van der Waals surface area contributed by atoms with E-state index >= 15 is 0 Å². The van der Waals surface area contributed by atoms with Gasteiger partial charge in [-0.2, -0.15) is 3.71 Å². The number of amides is 1. The molecule has 0 aliphatic carbocycles. The Balaban J connectivity index is 0.00000200. The van der Waals surface area contributed by atoms with Gasteiger partial charge in [-0.05, 0) is 49.9 Å². The van der Waals surface area contributed by atoms with Gasteiger partial charge >= 0.3 is 35.7 Å². The number of carbonyl (C=O) groups is 1. The summed E-state index contributed by atoms with van der Waals surface area (Å²) in [6.07, 6.45) is -0.605. The standard InChI is InChI=1S/C11H14ClN3O2S2.Na.H/c12-9-1-3-10(4-2-9)13-5-7-14(8-6-13)17-11(16)15(18)19;;/h1-4,18-19H,5-8H2;;. The Kier molecular flexibility index (Phi) is 7.89. The molecular weight excluding hydrogens is 329 g/mol. The number of hydrogen-bond donors (Lipinski definition) is 2. The van der Waals surface area contributed by atoms with E-state index in [1.165, 1.54) is 0 Å². The fraction of sp³-hybridized carbons (Fsp3) is 0.364. The summed E-state index contributed by atoms with van der Waals surface area (Å²) in [6.45, 7) is 2.80. The molecule has 0 bridgehead atoms. The van der Waals surface area contributed by atoms with Gasteiger partial charge in [-0.15, -0.1) is 5.06 Å². The van der Waals surface area contributed by atoms with E-state index in [2.05, 4.69) is 30.5 Å². The fourth-order valence-corrected chi connectivity index (χ4v) is 2.04. The second kappa shape index (κ2) is 8.63. The third-order valence-corrected chi connectivity index (χ3v) is 3.38. The molecule has 1 saturated heterocycles. The molecule has 0 saturated carbocycles. The number of halogens is 1. The second-order valence-corrected chi connectivity index (χ2v) is 5.59. The number of carbonyl (C=O) groups excluding carboxylic acids is 1. The van der Waals surface area contributed by atoms with Crippen molar-refractivity contribution in [1.29, 1.82) is 0 Å². The number of benzene rings is 1. The predicted molar refractivity (Wildman–Crippen MR) is 88.7 cm³/mol. The molecule has 1 aromatic carbocycles. The van der Waals surface area contributed by atoms with Crippen LogP contribution in [0.1, 0.15) is 0 Å². The minimum absolute atomic E-state index is 0. The van der Waals surface area contributed by atoms with Crippen LogP contribution in [0.3, 0.4) is 0 Å². The van der Waals surface area contributed by atoms with Crippen molar-refractivity contribution < 1.29 is 9.63 Å². The molecule has 0 radical (unpaired) electrons. The molecule has 0 spiro atoms. The van der Waals surface area contributed by atoms with Gasteiger partial charge in [0, 0.05) is 23.8 Å². The first kappa shape index (κ1) is 18.3. The van der Waals surface area contributed by atoms with E-state index in [0.717, 1.165) is 27.5 Å². The zero-order chi connectivity index (χ0) is 13.8. The molecular formula is C11H15ClN3NaO2S2. The zero-order valence-electron chi connectivity index (χ0n) is 10.1. The van der Waals surface area contributed by atoms with Crippen LogP contribution < -0.4 is 4.90 Å². The molecule has 0 atom stereocenters. The number of rotatable bonds is 2. The van der Waals surface area contributed by atoms with E-state index in [9.17, 15) is 4.79 Å². The van der Waals surface area contributed by atoms with Crippen molar-refractivity contribution in [2.75, 3.05) is 31.1 Å². The number of anilines is 1. The average molecular weight is 344 g/mol. The van der Waals surface area contributed by atoms with Crippen LogP contribution in [-0.2, 0) is 4.84 Å². The maximum atomic E-state index is 11.3. The van der Waals surface area contributed by atoms with E-state index < -0.39 is 6.09 Å². The second-order valence-electron chi connectivity index (χ2n) is 4.04. The summed E-state index contributed by atoms with van der Waals surface area (Å²) in [5, 5.41) is 2.33. The van der Waals surface area contributed by atoms with Crippen molar-refractivity contribution in [3.8, 4) is 0 Å². The molecule has 2 rings (SSSR count). The van der Waals surface area contributed by atoms with Crippen molar-refractivity contribution in [2.45, 2.75) is 0 Å². The van der Waals surface area contributed by atoms with Crippen molar-refractivity contribution in [3.05, 3.63) is 29.3 Å². The molecule has 0 N–H and O–H groups in total. The molecule has 1 aliphatic heterocycles. The topological polar surface area (TPSA) is 36.0 Å². The van der Waals surface area contributed by atoms with Gasteiger partial charge in [0.15, 0.2) is 0 Å². The molecule has 1 aliphatic rings. The maximum absolute atomic E-state index is 11.3. The summed E-state index contributed by atoms with van der Waals surface area (Å²) in [5.41, 5.74) is 1.11. The summed E-state index contributed by atoms with van der Waals surface area (Å²) in [5.74, 6) is 0. The van der Waals surface area contributed by atoms with Crippen LogP contribution in [0.5, 0.6) is 0 Å². The van der Waals surface area contributed by atoms with Crippen LogP contribution in [0.2, 0.25) is 5.02 Å². The number of hydroxylamine groups is 2. The molecule has 1 fully saturated rings. The Hall–Kier alpha value is 0.240. The van der Waals surface area contributed by atoms with Crippen LogP contribution in [0.25, 0.3) is 0 Å². The van der Waals surface area contributed by atoms with Gasteiger partial charge in [0.2, 0.25) is 0 Å². The van der Waals surface area contributed by atoms with Gasteiger partial charge in [-0.1, -0.05) is 11.6 Å². The zero-order valence-corrected chi connectivity index (χ0v) is 12.6. The van der Waals surface area contributed by atoms with Crippen LogP contribution in [-0.4, -0.2) is 70.6 Å². The van der Waals surface area contributed by atoms with Crippen LogP contribution >= 0.6 is 37.2 Å². The van der Waals surface area contributed by atoms with Crippen LogP contribution in [0, 0.1) is 0 Å². The summed E-state index contributed by atoms with van der Waals surface area (Å²) >= 11 is 13.4. The third kappa shape index (κ3) is 5.22. The van der Waals surface area contributed by atoms with Crippen LogP contribution in [0.4, 0.5) is 10.5 Å². The Bertz CT molecular complexity index is 442. The van der Waals surface area contributed by atoms with Gasteiger partial charge in [-0.25, -0.2) is 4.79 Å². The third-order valence-electron chi connectivity index (χ3n) is 2.80. The SMILES string of the molecule is O=C(ON1CCN(c2ccc(Cl)cc2)CC1)N(S)S.[NaH]. The Morgan fingerprint density at radius 3 is 2.20 bits per heavy atom. The van der Waals surface area contributed by atoms with Gasteiger partial charge in [0.25, 0.3) is 0 Å². The van der Waals surface area contributed by atoms with Gasteiger partial charge in [0.1, 0.15) is 0 Å². The molecule has 1 heterocycles. The Labute approximate surface area is 156 Å². The summed E-state index contributed by atoms with van der Waals surface area (Å²) < 4.78 is 0.811. The van der Waals surface area contributed by atoms with Crippen molar-refractivity contribution in [1.82, 2.24) is 8.77 Å². The Morgan fingerprint density at radius 2 is 1.70 bits per heavy atom. The van der Waals surface area contributed by atoms with E-state index in [0.29, 0.717) is 13.1 Å². The first-order valence-electron chi connectivity index (χ1n) is 5.71. The number of piperazine rings is 1. The van der Waals surface area contributed by atoms with Gasteiger partial charge in [-0.3, -0.25) is 0 Å². The molecule has 1 amide bonds. The predicted octanol–water partition coefficient (Wildman–Crippen LogP) is 1.86. The first-order chi connectivity index (χ1) is 9.06. The molecule has 9 heteroatoms. The van der Waals surface area contributed by atoms with E-state index in [4.69, 9.17) is 16.4 Å². The molecule has 5 nitrogen and oxygen atoms in total. The molecule has 106 valence electrons. The molecule has 1 aromatic rings. The van der Waals surface area contributed by atoms with Crippen molar-refractivity contribution in [2.24, 2.45) is 0 Å². The number of nitrogens with zero attached hydrogens (tertiary/aromatic N) is 3. The number of thiol groups is 2. The molecule has 20 heavy (non-hydrogen) atoms. The van der Waals surface area contributed by atoms with Crippen molar-refractivity contribution >= 4 is 78.6 Å². The normalized spacial score (nSPS) is 15.4. The summed E-state index contributed by atoms with van der Waals surface area (Å²) in [4.78, 5) is 18.6. The van der Waals surface area contributed by atoms with E-state index in [1.54, 1.807) is 5.06 Å². The first-order valence-corrected chi connectivity index (χ1v) is 6.89. The molecule has 0 aromatic heterocycles. The average Bonchev–Trinajstić information content (AvgIpc) is 2.40. The summed E-state index contributed by atoms with van der Waals surface area (Å²) in [6, 6.07) is 7.69. The van der Waals surface area contributed by atoms with Gasteiger partial charge < -0.3 is 9.74 Å². The van der Waals surface area contributed by atoms with E-state index in [-0.39, 0.29) is 29.6 Å². The van der Waals surface area contributed by atoms with Crippen molar-refractivity contribution in [3.63, 3.8) is 0 Å². The van der Waals surface area contributed by atoms with Crippen LogP contribution in [0.15, 0.2) is 24.3 Å². The molecule has 0 unspecified atom stereocenters. The minimum atomic E-state index is -0.605. The van der Waals surface area contributed by atoms with E-state index in [1.807, 2.05) is 24.3 Å².